The molecule has 1 fully saturated rings. The van der Waals surface area contributed by atoms with Gasteiger partial charge >= 0.3 is 0 Å². The fourth-order valence-corrected chi connectivity index (χ4v) is 2.11. The number of imidazole rings is 1. The Bertz CT molecular complexity index is 627. The van der Waals surface area contributed by atoms with Gasteiger partial charge in [-0.2, -0.15) is 0 Å². The van der Waals surface area contributed by atoms with Gasteiger partial charge in [0.25, 0.3) is 5.56 Å². The molecule has 3 atom stereocenters. The number of halogens is 1. The summed E-state index contributed by atoms with van der Waals surface area (Å²) in [5.41, 5.74) is 0.0246. The first-order valence-corrected chi connectivity index (χ1v) is 5.51. The van der Waals surface area contributed by atoms with Crippen LogP contribution < -0.4 is 5.56 Å². The molecule has 104 valence electrons. The quantitative estimate of drug-likeness (QED) is 0.718. The molecule has 0 bridgehead atoms. The van der Waals surface area contributed by atoms with Crippen LogP contribution in [0.15, 0.2) is 17.4 Å². The third-order valence-corrected chi connectivity index (χ3v) is 2.97. The molecule has 2 aromatic heterocycles. The molecule has 19 heavy (non-hydrogen) atoms. The highest BCUT2D eigenvalue weighted by molar-refractivity contribution is 5.68. The fourth-order valence-electron chi connectivity index (χ4n) is 2.11. The maximum Gasteiger partial charge on any atom is 0.278 e. The predicted molar refractivity (Wildman–Crippen MR) is 62.3 cm³/mol. The number of aromatic amines is 1. The summed E-state index contributed by atoms with van der Waals surface area (Å²) in [6.45, 7) is -0.239. The van der Waals surface area contributed by atoms with Crippen LogP contribution >= 0.6 is 0 Å². The van der Waals surface area contributed by atoms with Crippen molar-refractivity contribution in [1.82, 2.24) is 19.5 Å². The van der Waals surface area contributed by atoms with Crippen LogP contribution in [-0.2, 0) is 4.74 Å². The zero-order valence-corrected chi connectivity index (χ0v) is 9.78. The molecule has 0 spiro atoms. The second-order valence-electron chi connectivity index (χ2n) is 4.14. The second kappa shape index (κ2) is 5.03. The van der Waals surface area contributed by atoms with E-state index in [2.05, 4.69) is 15.0 Å². The molecule has 8 nitrogen and oxygen atoms in total. The third-order valence-electron chi connectivity index (χ3n) is 2.97. The highest BCUT2D eigenvalue weighted by atomic mass is 19.1. The monoisotopic (exact) mass is 272 g/mol. The third kappa shape index (κ3) is 2.11. The number of nitrogens with one attached hydrogen (secondary N) is 1. The Hall–Kier alpha value is -1.84. The van der Waals surface area contributed by atoms with Gasteiger partial charge in [-0.15, -0.1) is 0 Å². The zero-order chi connectivity index (χ0) is 12.7. The molecule has 0 saturated carbocycles. The van der Waals surface area contributed by atoms with Gasteiger partial charge in [0.15, 0.2) is 17.4 Å². The molecule has 3 rings (SSSR count). The number of fused-ring (bicyclic) bond motifs is 1. The number of H-pyrrole nitrogens is 1. The molecule has 2 aromatic rings. The first kappa shape index (κ1) is 13.6. The van der Waals surface area contributed by atoms with Crippen molar-refractivity contribution in [2.75, 3.05) is 6.61 Å². The Kier molecular flexibility index (Phi) is 3.60. The van der Waals surface area contributed by atoms with Gasteiger partial charge in [0.2, 0.25) is 0 Å². The lowest BCUT2D eigenvalue weighted by Gasteiger charge is -2.14. The van der Waals surface area contributed by atoms with E-state index in [1.165, 1.54) is 17.2 Å². The summed E-state index contributed by atoms with van der Waals surface area (Å²) >= 11 is 0. The minimum Gasteiger partial charge on any atom is -0.412 e. The summed E-state index contributed by atoms with van der Waals surface area (Å²) in [5, 5.41) is 8.97. The molecule has 0 aliphatic carbocycles. The van der Waals surface area contributed by atoms with Crippen LogP contribution in [0.3, 0.4) is 0 Å². The van der Waals surface area contributed by atoms with E-state index in [-0.39, 0.29) is 35.2 Å². The van der Waals surface area contributed by atoms with Crippen LogP contribution in [0, 0.1) is 0 Å². The van der Waals surface area contributed by atoms with Gasteiger partial charge in [0.05, 0.1) is 25.4 Å². The van der Waals surface area contributed by atoms with E-state index in [1.807, 2.05) is 0 Å². The first-order chi connectivity index (χ1) is 8.70. The SMILES string of the molecule is O.O=c1[nH]cnc2c1ncn2[C@@H]1O[C@H](CO)C[C@H]1F. The number of aliphatic hydroxyl groups is 1. The van der Waals surface area contributed by atoms with Crippen molar-refractivity contribution in [3.63, 3.8) is 0 Å². The van der Waals surface area contributed by atoms with Crippen LogP contribution in [0.4, 0.5) is 4.39 Å². The summed E-state index contributed by atoms with van der Waals surface area (Å²) in [4.78, 5) is 21.7. The largest absolute Gasteiger partial charge is 0.412 e. The van der Waals surface area contributed by atoms with Crippen molar-refractivity contribution in [2.45, 2.75) is 24.9 Å². The number of ether oxygens (including phenoxy) is 1. The van der Waals surface area contributed by atoms with E-state index >= 15 is 0 Å². The molecule has 3 heterocycles. The lowest BCUT2D eigenvalue weighted by Crippen LogP contribution is -2.17. The van der Waals surface area contributed by atoms with Crippen LogP contribution in [0.2, 0.25) is 0 Å². The summed E-state index contributed by atoms with van der Waals surface area (Å²) < 4.78 is 20.6. The van der Waals surface area contributed by atoms with Crippen LogP contribution in [0.25, 0.3) is 11.2 Å². The zero-order valence-electron chi connectivity index (χ0n) is 9.78. The van der Waals surface area contributed by atoms with Crippen molar-refractivity contribution in [3.05, 3.63) is 23.0 Å². The smallest absolute Gasteiger partial charge is 0.278 e. The molecule has 1 saturated heterocycles. The van der Waals surface area contributed by atoms with Crippen LogP contribution in [0.5, 0.6) is 0 Å². The number of aliphatic hydroxyl groups excluding tert-OH is 1. The first-order valence-electron chi connectivity index (χ1n) is 5.51. The number of hydrogen-bond donors (Lipinski definition) is 2. The van der Waals surface area contributed by atoms with Crippen molar-refractivity contribution >= 4 is 11.2 Å². The molecule has 0 unspecified atom stereocenters. The maximum atomic E-state index is 13.8. The topological polar surface area (TPSA) is 125 Å². The van der Waals surface area contributed by atoms with E-state index in [1.54, 1.807) is 0 Å². The number of rotatable bonds is 2. The normalized spacial score (nSPS) is 26.5. The Morgan fingerprint density at radius 1 is 1.58 bits per heavy atom. The minimum absolute atomic E-state index is 0. The Labute approximate surface area is 106 Å². The Morgan fingerprint density at radius 2 is 2.37 bits per heavy atom. The van der Waals surface area contributed by atoms with E-state index < -0.39 is 18.5 Å². The molecule has 9 heteroatoms. The summed E-state index contributed by atoms with van der Waals surface area (Å²) in [5.74, 6) is 0. The molecule has 0 radical (unpaired) electrons. The standard InChI is InChI=1S/C10H11FN4O3.H2O/c11-6-1-5(2-16)18-10(6)15-4-14-7-8(15)12-3-13-9(7)17;/h3-6,10,16H,1-2H2,(H,12,13,17);1H2/t5-,6+,10+;/m0./s1. The molecular weight excluding hydrogens is 259 g/mol. The Morgan fingerprint density at radius 3 is 3.05 bits per heavy atom. The van der Waals surface area contributed by atoms with Crippen molar-refractivity contribution in [2.24, 2.45) is 0 Å². The van der Waals surface area contributed by atoms with Gasteiger partial charge < -0.3 is 20.3 Å². The minimum atomic E-state index is -1.26. The van der Waals surface area contributed by atoms with Gasteiger partial charge in [-0.05, 0) is 0 Å². The molecule has 0 aromatic carbocycles. The van der Waals surface area contributed by atoms with E-state index in [9.17, 15) is 9.18 Å². The number of aromatic nitrogens is 4. The molecular formula is C10H13FN4O4. The number of nitrogens with zero attached hydrogens (tertiary/aromatic N) is 3. The average molecular weight is 272 g/mol. The van der Waals surface area contributed by atoms with Crippen molar-refractivity contribution in [1.29, 1.82) is 0 Å². The van der Waals surface area contributed by atoms with Crippen LogP contribution in [-0.4, -0.2) is 49.0 Å². The number of alkyl halides is 1. The van der Waals surface area contributed by atoms with Gasteiger partial charge in [0.1, 0.15) is 6.17 Å². The maximum absolute atomic E-state index is 13.8. The molecule has 4 N–H and O–H groups in total. The van der Waals surface area contributed by atoms with Crippen LogP contribution in [0.1, 0.15) is 12.6 Å². The predicted octanol–water partition coefficient (Wildman–Crippen LogP) is -1.09. The highest BCUT2D eigenvalue weighted by Crippen LogP contribution is 2.32. The van der Waals surface area contributed by atoms with Gasteiger partial charge in [0, 0.05) is 6.42 Å². The molecule has 1 aliphatic heterocycles. The summed E-state index contributed by atoms with van der Waals surface area (Å²) in [6.07, 6.45) is -0.0331. The summed E-state index contributed by atoms with van der Waals surface area (Å²) in [6, 6.07) is 0. The fraction of sp³-hybridized carbons (Fsp3) is 0.500. The van der Waals surface area contributed by atoms with E-state index in [0.29, 0.717) is 0 Å². The van der Waals surface area contributed by atoms with Crippen molar-refractivity contribution in [3.8, 4) is 0 Å². The van der Waals surface area contributed by atoms with E-state index in [0.717, 1.165) is 0 Å². The van der Waals surface area contributed by atoms with Gasteiger partial charge in [-0.25, -0.2) is 14.4 Å². The summed E-state index contributed by atoms with van der Waals surface area (Å²) in [7, 11) is 0. The average Bonchev–Trinajstić information content (AvgIpc) is 2.93. The van der Waals surface area contributed by atoms with Crippen molar-refractivity contribution < 1.29 is 19.7 Å². The lowest BCUT2D eigenvalue weighted by atomic mass is 10.2. The second-order valence-corrected chi connectivity index (χ2v) is 4.14. The molecule has 0 amide bonds. The lowest BCUT2D eigenvalue weighted by molar-refractivity contribution is -0.0351. The molecule has 1 aliphatic rings. The highest BCUT2D eigenvalue weighted by Gasteiger charge is 2.37. The van der Waals surface area contributed by atoms with E-state index in [4.69, 9.17) is 9.84 Å². The van der Waals surface area contributed by atoms with Gasteiger partial charge in [-0.1, -0.05) is 0 Å². The number of hydrogen-bond acceptors (Lipinski definition) is 5. The Balaban J connectivity index is 0.00000133. The van der Waals surface area contributed by atoms with Gasteiger partial charge in [-0.3, -0.25) is 9.36 Å².